The minimum atomic E-state index is 0.355. The Hall–Kier alpha value is -1.40. The number of nitriles is 1. The van der Waals surface area contributed by atoms with E-state index in [2.05, 4.69) is 16.4 Å². The second-order valence-electron chi connectivity index (χ2n) is 2.85. The normalized spacial score (nSPS) is 21.1. The summed E-state index contributed by atoms with van der Waals surface area (Å²) < 4.78 is 0. The van der Waals surface area contributed by atoms with Crippen LogP contribution in [0.25, 0.3) is 0 Å². The summed E-state index contributed by atoms with van der Waals surface area (Å²) in [4.78, 5) is 4.00. The molecule has 1 N–H and O–H groups in total. The first-order chi connectivity index (χ1) is 5.92. The third-order valence-corrected chi connectivity index (χ3v) is 2.14. The zero-order valence-corrected chi connectivity index (χ0v) is 6.62. The molecule has 1 atom stereocenters. The van der Waals surface area contributed by atoms with E-state index >= 15 is 0 Å². The van der Waals surface area contributed by atoms with E-state index in [1.807, 2.05) is 12.1 Å². The number of rotatable bonds is 1. The molecule has 2 heterocycles. The van der Waals surface area contributed by atoms with E-state index in [0.717, 1.165) is 18.5 Å². The fraction of sp³-hybridized carbons (Fsp3) is 0.333. The van der Waals surface area contributed by atoms with Crippen molar-refractivity contribution in [1.29, 1.82) is 5.26 Å². The van der Waals surface area contributed by atoms with Crippen molar-refractivity contribution in [1.82, 2.24) is 10.3 Å². The summed E-state index contributed by atoms with van der Waals surface area (Å²) in [5, 5.41) is 12.0. The van der Waals surface area contributed by atoms with Crippen LogP contribution >= 0.6 is 0 Å². The summed E-state index contributed by atoms with van der Waals surface area (Å²) in [6.07, 6.45) is 2.76. The molecule has 2 rings (SSSR count). The molecule has 0 bridgehead atoms. The average Bonchev–Trinajstić information content (AvgIpc) is 2.02. The monoisotopic (exact) mass is 159 g/mol. The van der Waals surface area contributed by atoms with E-state index in [1.165, 1.54) is 0 Å². The van der Waals surface area contributed by atoms with E-state index in [1.54, 1.807) is 6.20 Å². The molecule has 0 saturated carbocycles. The van der Waals surface area contributed by atoms with Gasteiger partial charge in [-0.05, 0) is 19.0 Å². The number of hydrogen-bond acceptors (Lipinski definition) is 3. The molecule has 0 aliphatic carbocycles. The Morgan fingerprint density at radius 1 is 1.67 bits per heavy atom. The molecule has 0 radical (unpaired) electrons. The Morgan fingerprint density at radius 2 is 2.50 bits per heavy atom. The molecule has 1 aliphatic heterocycles. The molecular weight excluding hydrogens is 150 g/mol. The van der Waals surface area contributed by atoms with Gasteiger partial charge in [-0.15, -0.1) is 0 Å². The minimum absolute atomic E-state index is 0.355. The molecule has 1 aromatic rings. The van der Waals surface area contributed by atoms with Crippen LogP contribution in [0.1, 0.15) is 23.7 Å². The number of nitrogens with one attached hydrogen (secondary N) is 1. The molecule has 0 unspecified atom stereocenters. The van der Waals surface area contributed by atoms with Crippen molar-refractivity contribution in [2.45, 2.75) is 12.5 Å². The van der Waals surface area contributed by atoms with Gasteiger partial charge in [0, 0.05) is 17.8 Å². The summed E-state index contributed by atoms with van der Waals surface area (Å²) in [7, 11) is 0. The maximum atomic E-state index is 8.75. The van der Waals surface area contributed by atoms with Gasteiger partial charge in [-0.3, -0.25) is 0 Å². The van der Waals surface area contributed by atoms with Gasteiger partial charge in [0.05, 0.1) is 0 Å². The molecule has 12 heavy (non-hydrogen) atoms. The molecule has 1 fully saturated rings. The molecule has 3 nitrogen and oxygen atoms in total. The zero-order chi connectivity index (χ0) is 8.39. The highest BCUT2D eigenvalue weighted by atomic mass is 15.0. The Bertz CT molecular complexity index is 323. The summed E-state index contributed by atoms with van der Waals surface area (Å²) in [6.45, 7) is 1.05. The average molecular weight is 159 g/mol. The lowest BCUT2D eigenvalue weighted by atomic mass is 9.97. The van der Waals surface area contributed by atoms with Gasteiger partial charge in [0.15, 0.2) is 0 Å². The lowest BCUT2D eigenvalue weighted by Gasteiger charge is -2.28. The predicted octanol–water partition coefficient (Wildman–Crippen LogP) is 0.988. The summed E-state index contributed by atoms with van der Waals surface area (Å²) >= 11 is 0. The predicted molar refractivity (Wildman–Crippen MR) is 44.3 cm³/mol. The maximum Gasteiger partial charge on any atom is 0.145 e. The van der Waals surface area contributed by atoms with Gasteiger partial charge in [-0.1, -0.05) is 6.07 Å². The first-order valence-corrected chi connectivity index (χ1v) is 4.00. The van der Waals surface area contributed by atoms with Crippen LogP contribution in [0.15, 0.2) is 18.3 Å². The van der Waals surface area contributed by atoms with Crippen LogP contribution in [-0.4, -0.2) is 11.5 Å². The molecule has 60 valence electrons. The van der Waals surface area contributed by atoms with Crippen LogP contribution in [0, 0.1) is 11.3 Å². The van der Waals surface area contributed by atoms with Gasteiger partial charge in [0.1, 0.15) is 11.8 Å². The second-order valence-corrected chi connectivity index (χ2v) is 2.85. The van der Waals surface area contributed by atoms with Crippen LogP contribution in [0.5, 0.6) is 0 Å². The summed E-state index contributed by atoms with van der Waals surface area (Å²) in [6, 6.07) is 6.28. The third kappa shape index (κ3) is 1.06. The number of hydrogen-bond donors (Lipinski definition) is 1. The van der Waals surface area contributed by atoms with Gasteiger partial charge in [-0.25, -0.2) is 4.98 Å². The quantitative estimate of drug-likeness (QED) is 0.664. The molecule has 0 aromatic carbocycles. The van der Waals surface area contributed by atoms with E-state index in [9.17, 15) is 0 Å². The number of aromatic nitrogens is 1. The van der Waals surface area contributed by atoms with Gasteiger partial charge in [0.25, 0.3) is 0 Å². The highest BCUT2D eigenvalue weighted by Crippen LogP contribution is 2.23. The molecule has 0 amide bonds. The Balaban J connectivity index is 2.35. The van der Waals surface area contributed by atoms with Crippen molar-refractivity contribution < 1.29 is 0 Å². The number of nitrogens with zero attached hydrogens (tertiary/aromatic N) is 2. The molecule has 3 heteroatoms. The van der Waals surface area contributed by atoms with E-state index < -0.39 is 0 Å². The van der Waals surface area contributed by atoms with Crippen molar-refractivity contribution in [2.24, 2.45) is 0 Å². The van der Waals surface area contributed by atoms with E-state index in [4.69, 9.17) is 5.26 Å². The van der Waals surface area contributed by atoms with Crippen LogP contribution in [0.4, 0.5) is 0 Å². The molecule has 1 aliphatic rings. The minimum Gasteiger partial charge on any atom is -0.310 e. The van der Waals surface area contributed by atoms with Crippen molar-refractivity contribution in [3.05, 3.63) is 29.6 Å². The molecular formula is C9H9N3. The Labute approximate surface area is 71.0 Å². The van der Waals surface area contributed by atoms with Crippen molar-refractivity contribution in [3.63, 3.8) is 0 Å². The van der Waals surface area contributed by atoms with Gasteiger partial charge in [0.2, 0.25) is 0 Å². The Kier molecular flexibility index (Phi) is 1.77. The maximum absolute atomic E-state index is 8.75. The van der Waals surface area contributed by atoms with Crippen molar-refractivity contribution in [3.8, 4) is 6.07 Å². The smallest absolute Gasteiger partial charge is 0.145 e. The lowest BCUT2D eigenvalue weighted by Crippen LogP contribution is -2.35. The fourth-order valence-corrected chi connectivity index (χ4v) is 1.35. The first-order valence-electron chi connectivity index (χ1n) is 4.00. The number of pyridine rings is 1. The fourth-order valence-electron chi connectivity index (χ4n) is 1.35. The van der Waals surface area contributed by atoms with Crippen LogP contribution in [0.2, 0.25) is 0 Å². The topological polar surface area (TPSA) is 48.7 Å². The van der Waals surface area contributed by atoms with Crippen LogP contribution in [-0.2, 0) is 0 Å². The first kappa shape index (κ1) is 7.26. The molecule has 1 saturated heterocycles. The van der Waals surface area contributed by atoms with Gasteiger partial charge >= 0.3 is 0 Å². The highest BCUT2D eigenvalue weighted by molar-refractivity contribution is 5.34. The second kappa shape index (κ2) is 2.92. The lowest BCUT2D eigenvalue weighted by molar-refractivity contribution is 0.382. The van der Waals surface area contributed by atoms with Crippen molar-refractivity contribution >= 4 is 0 Å². The van der Waals surface area contributed by atoms with Crippen molar-refractivity contribution in [2.75, 3.05) is 6.54 Å². The molecule has 0 spiro atoms. The third-order valence-electron chi connectivity index (χ3n) is 2.14. The van der Waals surface area contributed by atoms with Crippen LogP contribution in [0.3, 0.4) is 0 Å². The van der Waals surface area contributed by atoms with Crippen LogP contribution < -0.4 is 5.32 Å². The zero-order valence-electron chi connectivity index (χ0n) is 6.62. The van der Waals surface area contributed by atoms with Gasteiger partial charge < -0.3 is 5.32 Å². The highest BCUT2D eigenvalue weighted by Gasteiger charge is 2.21. The Morgan fingerprint density at radius 3 is 3.08 bits per heavy atom. The van der Waals surface area contributed by atoms with Gasteiger partial charge in [-0.2, -0.15) is 5.26 Å². The summed E-state index contributed by atoms with van der Waals surface area (Å²) in [5.74, 6) is 0. The molecule has 1 aromatic heterocycles. The largest absolute Gasteiger partial charge is 0.310 e. The van der Waals surface area contributed by atoms with E-state index in [-0.39, 0.29) is 0 Å². The standard InChI is InChI=1S/C9H9N3/c10-6-9-7(2-1-4-11-9)8-3-5-12-8/h1-2,4,8,12H,3,5H2/t8-/m0/s1. The SMILES string of the molecule is N#Cc1ncccc1[C@@H]1CCN1. The summed E-state index contributed by atoms with van der Waals surface area (Å²) in [5.41, 5.74) is 1.58. The van der Waals surface area contributed by atoms with E-state index in [0.29, 0.717) is 11.7 Å².